The van der Waals surface area contributed by atoms with Crippen LogP contribution in [0.1, 0.15) is 27.7 Å². The zero-order valence-corrected chi connectivity index (χ0v) is 51.7. The summed E-state index contributed by atoms with van der Waals surface area (Å²) in [6, 6.07) is 93.8. The van der Waals surface area contributed by atoms with Crippen molar-refractivity contribution in [1.29, 1.82) is 0 Å². The van der Waals surface area contributed by atoms with E-state index in [1.807, 2.05) is 152 Å². The molecule has 12 aromatic carbocycles. The van der Waals surface area contributed by atoms with Gasteiger partial charge in [-0.15, -0.1) is 0 Å². The highest BCUT2D eigenvalue weighted by Gasteiger charge is 2.32. The second-order valence-corrected chi connectivity index (χ2v) is 23.6. The molecule has 2 N–H and O–H groups in total. The second-order valence-electron chi connectivity index (χ2n) is 23.3. The molecule has 2 radical (unpaired) electrons. The van der Waals surface area contributed by atoms with E-state index in [4.69, 9.17) is 54.1 Å². The molecule has 16 rings (SSSR count). The Balaban J connectivity index is 0.000000128. The normalized spacial score (nSPS) is 11.6. The molecular formula is C80H60BClN6O4. The molecule has 0 saturated heterocycles. The van der Waals surface area contributed by atoms with E-state index in [1.165, 1.54) is 22.1 Å². The Morgan fingerprint density at radius 3 is 1.00 bits per heavy atom. The molecule has 0 aliphatic carbocycles. The van der Waals surface area contributed by atoms with Gasteiger partial charge >= 0.3 is 0 Å². The van der Waals surface area contributed by atoms with E-state index in [2.05, 4.69) is 142 Å². The van der Waals surface area contributed by atoms with Gasteiger partial charge in [-0.05, 0) is 120 Å². The summed E-state index contributed by atoms with van der Waals surface area (Å²) in [6.07, 6.45) is 0. The molecular weight excluding hydrogens is 1160 g/mol. The number of aliphatic hydroxyl groups is 2. The molecule has 4 heterocycles. The standard InChI is InChI=1S/C37H23N3O.C21H14ClN3.C16H9BO.C6H14O2/c1-3-9-24(10-4-1)25-17-19-28(20-18-25)36-38-35(27-11-5-2-6-12-27)39-37(40-36)29-21-22-32-31(23-29)30-15-7-13-26-14-8-16-33(41-32)34(26)30;22-21-24-19(17-9-5-2-6-10-17)23-20(25-21)18-13-11-16(12-14-18)15-7-3-1-4-8-15;17-11-7-8-14-13(9-11)12-5-1-3-10-4-2-6-15(18-14)16(10)12;1-5(2,7)6(3,4)8/h1-23H;1-14H;1-9H;7-8H,1-4H3. The van der Waals surface area contributed by atoms with Crippen molar-refractivity contribution in [3.05, 3.63) is 284 Å². The first kappa shape index (κ1) is 60.0. The minimum Gasteiger partial charge on any atom is -0.456 e. The van der Waals surface area contributed by atoms with Crippen LogP contribution in [0.3, 0.4) is 0 Å². The first-order chi connectivity index (χ1) is 44.7. The van der Waals surface area contributed by atoms with Gasteiger partial charge in [0.1, 0.15) is 30.8 Å². The van der Waals surface area contributed by atoms with Crippen molar-refractivity contribution < 1.29 is 19.7 Å². The second kappa shape index (κ2) is 25.9. The number of halogens is 1. The maximum Gasteiger partial charge on any atom is 0.226 e. The zero-order chi connectivity index (χ0) is 63.3. The number of hydrogen-bond donors (Lipinski definition) is 2. The van der Waals surface area contributed by atoms with Crippen molar-refractivity contribution in [3.8, 4) is 124 Å². The van der Waals surface area contributed by atoms with Gasteiger partial charge in [0.15, 0.2) is 29.1 Å². The third-order valence-corrected chi connectivity index (χ3v) is 16.5. The van der Waals surface area contributed by atoms with Gasteiger partial charge in [-0.1, -0.05) is 248 Å². The molecule has 12 heteroatoms. The molecule has 0 spiro atoms. The van der Waals surface area contributed by atoms with Crippen molar-refractivity contribution in [3.63, 3.8) is 0 Å². The van der Waals surface area contributed by atoms with Gasteiger partial charge in [-0.25, -0.2) is 19.9 Å². The Bertz CT molecular complexity index is 4930. The molecule has 10 nitrogen and oxygen atoms in total. The predicted octanol–water partition coefficient (Wildman–Crippen LogP) is 18.9. The lowest BCUT2D eigenvalue weighted by Gasteiger charge is -2.31. The fourth-order valence-electron chi connectivity index (χ4n) is 10.7. The molecule has 2 aromatic heterocycles. The number of hydrogen-bond acceptors (Lipinski definition) is 10. The molecule has 0 saturated carbocycles. The maximum absolute atomic E-state index is 9.10. The summed E-state index contributed by atoms with van der Waals surface area (Å²) in [4.78, 5) is 27.9. The summed E-state index contributed by atoms with van der Waals surface area (Å²) in [5.74, 6) is 6.53. The van der Waals surface area contributed by atoms with Crippen molar-refractivity contribution in [2.75, 3.05) is 0 Å². The molecule has 0 bridgehead atoms. The Labute approximate surface area is 540 Å². The van der Waals surface area contributed by atoms with E-state index in [9.17, 15) is 0 Å². The van der Waals surface area contributed by atoms with Crippen molar-refractivity contribution in [2.45, 2.75) is 38.9 Å². The van der Waals surface area contributed by atoms with Gasteiger partial charge in [-0.2, -0.15) is 9.97 Å². The van der Waals surface area contributed by atoms with E-state index in [0.29, 0.717) is 29.1 Å². The molecule has 444 valence electrons. The van der Waals surface area contributed by atoms with Gasteiger partial charge in [0.05, 0.1) is 11.2 Å². The number of fused-ring (bicyclic) bond motifs is 4. The largest absolute Gasteiger partial charge is 0.456 e. The van der Waals surface area contributed by atoms with Gasteiger partial charge in [-0.3, -0.25) is 0 Å². The minimum atomic E-state index is -1.01. The van der Waals surface area contributed by atoms with Crippen LogP contribution >= 0.6 is 11.6 Å². The number of rotatable bonds is 8. The first-order valence-corrected chi connectivity index (χ1v) is 30.5. The van der Waals surface area contributed by atoms with Gasteiger partial charge in [0, 0.05) is 49.7 Å². The fourth-order valence-corrected chi connectivity index (χ4v) is 10.9. The zero-order valence-electron chi connectivity index (χ0n) is 50.9. The number of aromatic nitrogens is 6. The summed E-state index contributed by atoms with van der Waals surface area (Å²) in [7, 11) is 5.87. The lowest BCUT2D eigenvalue weighted by atomic mass is 9.89. The molecule has 0 unspecified atom stereocenters. The summed E-state index contributed by atoms with van der Waals surface area (Å²) < 4.78 is 12.3. The first-order valence-electron chi connectivity index (χ1n) is 30.2. The number of benzene rings is 12. The third kappa shape index (κ3) is 13.1. The van der Waals surface area contributed by atoms with Crippen molar-refractivity contribution in [2.24, 2.45) is 0 Å². The Morgan fingerprint density at radius 1 is 0.293 bits per heavy atom. The molecule has 2 aliphatic rings. The lowest BCUT2D eigenvalue weighted by molar-refractivity contribution is -0.107. The maximum atomic E-state index is 9.10. The van der Waals surface area contributed by atoms with Crippen LogP contribution in [0.4, 0.5) is 0 Å². The van der Waals surface area contributed by atoms with E-state index in [-0.39, 0.29) is 5.28 Å². The van der Waals surface area contributed by atoms with Crippen LogP contribution in [0.15, 0.2) is 279 Å². The fraction of sp³-hybridized carbons (Fsp3) is 0.0750. The minimum absolute atomic E-state index is 0.191. The smallest absolute Gasteiger partial charge is 0.226 e. The molecule has 14 aromatic rings. The highest BCUT2D eigenvalue weighted by atomic mass is 35.5. The number of ether oxygens (including phenoxy) is 2. The summed E-state index contributed by atoms with van der Waals surface area (Å²) >= 11 is 6.11. The third-order valence-electron chi connectivity index (χ3n) is 16.3. The summed E-state index contributed by atoms with van der Waals surface area (Å²) in [6.45, 7) is 6.31. The lowest BCUT2D eigenvalue weighted by Crippen LogP contribution is -2.44. The van der Waals surface area contributed by atoms with Gasteiger partial charge < -0.3 is 19.7 Å². The van der Waals surface area contributed by atoms with Crippen molar-refractivity contribution in [1.82, 2.24) is 29.9 Å². The molecule has 92 heavy (non-hydrogen) atoms. The monoisotopic (exact) mass is 1210 g/mol. The summed E-state index contributed by atoms with van der Waals surface area (Å²) in [5, 5.41) is 23.0. The average Bonchev–Trinajstić information content (AvgIpc) is 0.767. The van der Waals surface area contributed by atoms with Crippen LogP contribution < -0.4 is 14.9 Å². The quantitative estimate of drug-likeness (QED) is 0.142. The van der Waals surface area contributed by atoms with E-state index >= 15 is 0 Å². The predicted molar refractivity (Wildman–Crippen MR) is 373 cm³/mol. The van der Waals surface area contributed by atoms with Crippen LogP contribution in [0.25, 0.3) is 123 Å². The van der Waals surface area contributed by atoms with Crippen LogP contribution in [0.2, 0.25) is 5.28 Å². The molecule has 0 fully saturated rings. The van der Waals surface area contributed by atoms with Gasteiger partial charge in [0.2, 0.25) is 5.28 Å². The SMILES string of the molecule is CC(C)(O)C(C)(C)O.Clc1nc(-c2ccccc2)nc(-c2ccc(-c3ccccc3)cc2)n1.[B]c1ccc2c(c1)-c1cccc3cccc(c13)O2.c1ccc(-c2ccc(-c3nc(-c4ccccc4)nc(-c4ccc5c(c4)-c4cccc6cccc(c46)O5)n3)cc2)cc1. The highest BCUT2D eigenvalue weighted by molar-refractivity contribution is 6.33. The van der Waals surface area contributed by atoms with Crippen LogP contribution in [-0.4, -0.2) is 59.2 Å². The molecule has 0 atom stereocenters. The van der Waals surface area contributed by atoms with Crippen LogP contribution in [0.5, 0.6) is 23.0 Å². The van der Waals surface area contributed by atoms with Gasteiger partial charge in [0.25, 0.3) is 0 Å². The van der Waals surface area contributed by atoms with E-state index in [0.717, 1.165) is 100 Å². The van der Waals surface area contributed by atoms with Crippen LogP contribution in [0, 0.1) is 0 Å². The van der Waals surface area contributed by atoms with Crippen LogP contribution in [-0.2, 0) is 0 Å². The average molecular weight is 1220 g/mol. The van der Waals surface area contributed by atoms with Crippen molar-refractivity contribution >= 4 is 46.5 Å². The molecule has 2 aliphatic heterocycles. The number of nitrogens with zero attached hydrogens (tertiary/aromatic N) is 6. The molecule has 0 amide bonds. The van der Waals surface area contributed by atoms with E-state index in [1.54, 1.807) is 27.7 Å². The topological polar surface area (TPSA) is 136 Å². The Hall–Kier alpha value is -10.9. The highest BCUT2D eigenvalue weighted by Crippen LogP contribution is 2.48. The van der Waals surface area contributed by atoms with E-state index < -0.39 is 11.2 Å². The summed E-state index contributed by atoms with van der Waals surface area (Å²) in [5.41, 5.74) is 12.4. The Kier molecular flexibility index (Phi) is 16.9. The Morgan fingerprint density at radius 2 is 0.598 bits per heavy atom.